The molecule has 0 radical (unpaired) electrons. The van der Waals surface area contributed by atoms with Crippen LogP contribution in [0.1, 0.15) is 22.6 Å². The number of alkyl halides is 3. The van der Waals surface area contributed by atoms with Crippen molar-refractivity contribution in [3.8, 4) is 11.5 Å². The Labute approximate surface area is 156 Å². The summed E-state index contributed by atoms with van der Waals surface area (Å²) >= 11 is 0. The third-order valence-electron chi connectivity index (χ3n) is 3.75. The van der Waals surface area contributed by atoms with Crippen LogP contribution in [0.25, 0.3) is 11.5 Å². The number of aryl methyl sites for hydroxylation is 2. The number of rotatable bonds is 4. The fraction of sp³-hybridized carbons (Fsp3) is 0.235. The van der Waals surface area contributed by atoms with E-state index in [9.17, 15) is 18.0 Å². The molecule has 11 heteroatoms. The van der Waals surface area contributed by atoms with Crippen LogP contribution in [0.3, 0.4) is 0 Å². The van der Waals surface area contributed by atoms with Crippen molar-refractivity contribution in [1.82, 2.24) is 20.1 Å². The van der Waals surface area contributed by atoms with Gasteiger partial charge in [0, 0.05) is 18.0 Å². The number of nitrogens with one attached hydrogen (secondary N) is 1. The number of aromatic nitrogens is 4. The van der Waals surface area contributed by atoms with Crippen molar-refractivity contribution in [2.24, 2.45) is 0 Å². The highest BCUT2D eigenvalue weighted by Gasteiger charge is 2.38. The van der Waals surface area contributed by atoms with E-state index in [2.05, 4.69) is 29.9 Å². The van der Waals surface area contributed by atoms with E-state index >= 15 is 0 Å². The molecule has 146 valence electrons. The van der Waals surface area contributed by atoms with Crippen LogP contribution in [0.15, 0.2) is 35.2 Å². The van der Waals surface area contributed by atoms with Crippen LogP contribution in [-0.2, 0) is 17.5 Å². The highest BCUT2D eigenvalue weighted by Crippen LogP contribution is 2.29. The van der Waals surface area contributed by atoms with Crippen molar-refractivity contribution in [2.75, 3.05) is 5.32 Å². The summed E-state index contributed by atoms with van der Waals surface area (Å²) in [5.74, 6) is -1.77. The first-order chi connectivity index (χ1) is 13.2. The van der Waals surface area contributed by atoms with Crippen molar-refractivity contribution in [3.05, 3.63) is 53.3 Å². The van der Waals surface area contributed by atoms with Gasteiger partial charge >= 0.3 is 18.2 Å². The van der Waals surface area contributed by atoms with Crippen LogP contribution in [-0.4, -0.2) is 26.2 Å². The SMILES string of the molecule is Cc1ccncc1COC(=O)Nc1cnc(-c2noc(C(F)(F)F)n2)cc1C. The predicted octanol–water partition coefficient (Wildman–Crippen LogP) is 3.91. The van der Waals surface area contributed by atoms with E-state index in [1.165, 1.54) is 12.3 Å². The number of nitrogens with zero attached hydrogens (tertiary/aromatic N) is 4. The molecule has 3 rings (SSSR count). The Balaban J connectivity index is 1.66. The third-order valence-corrected chi connectivity index (χ3v) is 3.75. The van der Waals surface area contributed by atoms with Crippen LogP contribution in [0.4, 0.5) is 23.7 Å². The first kappa shape index (κ1) is 19.3. The standard InChI is InChI=1S/C17H14F3N5O3/c1-9-3-4-21-6-11(9)8-27-16(26)23-13-7-22-12(5-10(13)2)14-24-15(28-25-14)17(18,19)20/h3-7H,8H2,1-2H3,(H,23,26). The molecule has 0 unspecified atom stereocenters. The zero-order chi connectivity index (χ0) is 20.3. The number of pyridine rings is 2. The van der Waals surface area contributed by atoms with Crippen LogP contribution in [0.5, 0.6) is 0 Å². The van der Waals surface area contributed by atoms with E-state index < -0.39 is 18.2 Å². The molecule has 3 aromatic heterocycles. The Morgan fingerprint density at radius 1 is 1.25 bits per heavy atom. The zero-order valence-corrected chi connectivity index (χ0v) is 14.7. The van der Waals surface area contributed by atoms with Gasteiger partial charge < -0.3 is 9.26 Å². The summed E-state index contributed by atoms with van der Waals surface area (Å²) in [4.78, 5) is 23.2. The Hall–Kier alpha value is -3.50. The summed E-state index contributed by atoms with van der Waals surface area (Å²) < 4.78 is 46.9. The summed E-state index contributed by atoms with van der Waals surface area (Å²) in [6.07, 6.45) is -0.940. The number of anilines is 1. The minimum Gasteiger partial charge on any atom is -0.444 e. The topological polar surface area (TPSA) is 103 Å². The Morgan fingerprint density at radius 2 is 2.04 bits per heavy atom. The smallest absolute Gasteiger partial charge is 0.444 e. The van der Waals surface area contributed by atoms with Crippen LogP contribution in [0, 0.1) is 13.8 Å². The number of ether oxygens (including phenoxy) is 1. The second kappa shape index (κ2) is 7.62. The minimum absolute atomic E-state index is 0.0408. The van der Waals surface area contributed by atoms with Gasteiger partial charge in [0.1, 0.15) is 12.3 Å². The molecule has 3 heterocycles. The summed E-state index contributed by atoms with van der Waals surface area (Å²) in [7, 11) is 0. The molecule has 1 amide bonds. The van der Waals surface area contributed by atoms with Gasteiger partial charge in [-0.1, -0.05) is 5.16 Å². The van der Waals surface area contributed by atoms with Gasteiger partial charge in [-0.2, -0.15) is 18.2 Å². The molecule has 0 aliphatic rings. The maximum absolute atomic E-state index is 12.5. The lowest BCUT2D eigenvalue weighted by molar-refractivity contribution is -0.159. The summed E-state index contributed by atoms with van der Waals surface area (Å²) in [5.41, 5.74) is 2.62. The molecule has 0 spiro atoms. The average molecular weight is 393 g/mol. The molecule has 0 saturated heterocycles. The van der Waals surface area contributed by atoms with Crippen molar-refractivity contribution in [3.63, 3.8) is 0 Å². The second-order valence-electron chi connectivity index (χ2n) is 5.81. The minimum atomic E-state index is -4.74. The first-order valence-corrected chi connectivity index (χ1v) is 7.95. The van der Waals surface area contributed by atoms with Crippen LogP contribution < -0.4 is 5.32 Å². The molecule has 3 aromatic rings. The van der Waals surface area contributed by atoms with Gasteiger partial charge in [0.2, 0.25) is 5.82 Å². The van der Waals surface area contributed by atoms with Gasteiger partial charge in [0.05, 0.1) is 11.9 Å². The normalized spacial score (nSPS) is 11.3. The van der Waals surface area contributed by atoms with E-state index in [0.717, 1.165) is 11.1 Å². The van der Waals surface area contributed by atoms with Crippen molar-refractivity contribution in [2.45, 2.75) is 26.6 Å². The van der Waals surface area contributed by atoms with E-state index in [1.54, 1.807) is 25.4 Å². The highest BCUT2D eigenvalue weighted by molar-refractivity contribution is 5.85. The molecule has 0 fully saturated rings. The summed E-state index contributed by atoms with van der Waals surface area (Å²) in [5, 5.41) is 5.79. The van der Waals surface area contributed by atoms with Gasteiger partial charge in [0.25, 0.3) is 0 Å². The lowest BCUT2D eigenvalue weighted by atomic mass is 10.2. The number of amides is 1. The molecular weight excluding hydrogens is 379 g/mol. The summed E-state index contributed by atoms with van der Waals surface area (Å²) in [6.45, 7) is 3.54. The molecule has 28 heavy (non-hydrogen) atoms. The van der Waals surface area contributed by atoms with Gasteiger partial charge in [-0.15, -0.1) is 0 Å². The quantitative estimate of drug-likeness (QED) is 0.717. The molecule has 0 aliphatic carbocycles. The van der Waals surface area contributed by atoms with Gasteiger partial charge in [-0.3, -0.25) is 15.3 Å². The fourth-order valence-electron chi connectivity index (χ4n) is 2.19. The molecule has 1 N–H and O–H groups in total. The van der Waals surface area contributed by atoms with E-state index in [-0.39, 0.29) is 18.1 Å². The highest BCUT2D eigenvalue weighted by atomic mass is 19.4. The number of hydrogen-bond donors (Lipinski definition) is 1. The van der Waals surface area contributed by atoms with Crippen molar-refractivity contribution < 1.29 is 27.2 Å². The lowest BCUT2D eigenvalue weighted by Crippen LogP contribution is -2.15. The molecule has 0 atom stereocenters. The molecule has 0 saturated carbocycles. The molecule has 8 nitrogen and oxygen atoms in total. The zero-order valence-electron chi connectivity index (χ0n) is 14.7. The lowest BCUT2D eigenvalue weighted by Gasteiger charge is -2.10. The van der Waals surface area contributed by atoms with Gasteiger partial charge in [-0.25, -0.2) is 4.79 Å². The van der Waals surface area contributed by atoms with Gasteiger partial charge in [0.15, 0.2) is 0 Å². The van der Waals surface area contributed by atoms with Crippen molar-refractivity contribution in [1.29, 1.82) is 0 Å². The van der Waals surface area contributed by atoms with Gasteiger partial charge in [-0.05, 0) is 37.1 Å². The number of carbonyl (C=O) groups excluding carboxylic acids is 1. The molecular formula is C17H14F3N5O3. The van der Waals surface area contributed by atoms with E-state index in [4.69, 9.17) is 4.74 Å². The maximum Gasteiger partial charge on any atom is 0.471 e. The predicted molar refractivity (Wildman–Crippen MR) is 90.0 cm³/mol. The molecule has 0 aromatic carbocycles. The largest absolute Gasteiger partial charge is 0.471 e. The number of hydrogen-bond acceptors (Lipinski definition) is 7. The second-order valence-corrected chi connectivity index (χ2v) is 5.81. The van der Waals surface area contributed by atoms with Crippen LogP contribution >= 0.6 is 0 Å². The molecule has 0 aliphatic heterocycles. The van der Waals surface area contributed by atoms with E-state index in [0.29, 0.717) is 11.3 Å². The number of carbonyl (C=O) groups is 1. The third kappa shape index (κ3) is 4.42. The van der Waals surface area contributed by atoms with Crippen molar-refractivity contribution >= 4 is 11.8 Å². The average Bonchev–Trinajstić information content (AvgIpc) is 3.13. The number of halogens is 3. The maximum atomic E-state index is 12.5. The monoisotopic (exact) mass is 393 g/mol. The fourth-order valence-corrected chi connectivity index (χ4v) is 2.19. The summed E-state index contributed by atoms with van der Waals surface area (Å²) in [6, 6.07) is 3.22. The first-order valence-electron chi connectivity index (χ1n) is 7.95. The molecule has 0 bridgehead atoms. The van der Waals surface area contributed by atoms with Crippen LogP contribution in [0.2, 0.25) is 0 Å². The Bertz CT molecular complexity index is 1000. The Kier molecular flexibility index (Phi) is 5.25. The Morgan fingerprint density at radius 3 is 2.68 bits per heavy atom. The van der Waals surface area contributed by atoms with E-state index in [1.807, 2.05) is 6.92 Å².